The van der Waals surface area contributed by atoms with Gasteiger partial charge in [-0.25, -0.2) is 4.98 Å². The maximum atomic E-state index is 12.0. The first-order valence-corrected chi connectivity index (χ1v) is 8.23. The smallest absolute Gasteiger partial charge is 0.292 e. The first-order chi connectivity index (χ1) is 12.4. The molecule has 0 atom stereocenters. The van der Waals surface area contributed by atoms with E-state index < -0.39 is 15.8 Å². The molecule has 2 N–H and O–H groups in total. The minimum absolute atomic E-state index is 0.0338. The van der Waals surface area contributed by atoms with Crippen molar-refractivity contribution in [2.75, 3.05) is 11.1 Å². The normalized spacial score (nSPS) is 10.6. The van der Waals surface area contributed by atoms with Gasteiger partial charge in [-0.15, -0.1) is 0 Å². The van der Waals surface area contributed by atoms with Crippen molar-refractivity contribution in [2.24, 2.45) is 0 Å². The van der Waals surface area contributed by atoms with Crippen molar-refractivity contribution in [2.45, 2.75) is 5.16 Å². The van der Waals surface area contributed by atoms with Crippen molar-refractivity contribution in [3.8, 4) is 0 Å². The molecular weight excluding hydrogens is 362 g/mol. The number of H-pyrrole nitrogens is 1. The Hall–Kier alpha value is -3.47. The van der Waals surface area contributed by atoms with Crippen LogP contribution in [0.4, 0.5) is 17.1 Å². The summed E-state index contributed by atoms with van der Waals surface area (Å²) in [5.74, 6) is -0.468. The maximum absolute atomic E-state index is 12.0. The summed E-state index contributed by atoms with van der Waals surface area (Å²) >= 11 is 1.08. The Kier molecular flexibility index (Phi) is 4.80. The molecular formula is C15H11N5O5S. The summed E-state index contributed by atoms with van der Waals surface area (Å²) in [5.41, 5.74) is 0.884. The first kappa shape index (κ1) is 17.4. The van der Waals surface area contributed by atoms with Gasteiger partial charge in [-0.1, -0.05) is 23.9 Å². The molecule has 132 valence electrons. The van der Waals surface area contributed by atoms with E-state index in [1.165, 1.54) is 36.4 Å². The van der Waals surface area contributed by atoms with E-state index in [1.54, 1.807) is 6.07 Å². The molecule has 26 heavy (non-hydrogen) atoms. The van der Waals surface area contributed by atoms with Gasteiger partial charge in [0, 0.05) is 18.2 Å². The van der Waals surface area contributed by atoms with Crippen LogP contribution in [0.25, 0.3) is 11.0 Å². The molecule has 0 aliphatic rings. The zero-order chi connectivity index (χ0) is 18.7. The lowest BCUT2D eigenvalue weighted by atomic mass is 10.2. The van der Waals surface area contributed by atoms with Gasteiger partial charge >= 0.3 is 0 Å². The van der Waals surface area contributed by atoms with Gasteiger partial charge in [-0.3, -0.25) is 25.0 Å². The molecule has 0 fully saturated rings. The van der Waals surface area contributed by atoms with E-state index in [4.69, 9.17) is 0 Å². The number of nitro groups is 2. The van der Waals surface area contributed by atoms with Gasteiger partial charge in [0.2, 0.25) is 5.91 Å². The quantitative estimate of drug-likeness (QED) is 0.383. The van der Waals surface area contributed by atoms with Crippen LogP contribution in [0.15, 0.2) is 47.6 Å². The number of para-hydroxylation sites is 2. The van der Waals surface area contributed by atoms with Crippen LogP contribution < -0.4 is 5.32 Å². The SMILES string of the molecule is O=C(CSc1nc2ccc([N+](=O)[O-])cc2[nH]1)Nc1ccccc1[N+](=O)[O-]. The molecule has 1 heterocycles. The number of hydrogen-bond donors (Lipinski definition) is 2. The molecule has 0 aliphatic carbocycles. The summed E-state index contributed by atoms with van der Waals surface area (Å²) in [7, 11) is 0. The van der Waals surface area contributed by atoms with Crippen LogP contribution in [-0.4, -0.2) is 31.5 Å². The molecule has 0 saturated heterocycles. The number of carbonyl (C=O) groups is 1. The zero-order valence-electron chi connectivity index (χ0n) is 13.0. The highest BCUT2D eigenvalue weighted by molar-refractivity contribution is 7.99. The third kappa shape index (κ3) is 3.78. The number of benzene rings is 2. The topological polar surface area (TPSA) is 144 Å². The lowest BCUT2D eigenvalue weighted by Crippen LogP contribution is -2.15. The average Bonchev–Trinajstić information content (AvgIpc) is 3.02. The minimum Gasteiger partial charge on any atom is -0.333 e. The minimum atomic E-state index is -0.574. The fourth-order valence-electron chi connectivity index (χ4n) is 2.21. The van der Waals surface area contributed by atoms with Gasteiger partial charge in [0.05, 0.1) is 26.6 Å². The highest BCUT2D eigenvalue weighted by Crippen LogP contribution is 2.25. The van der Waals surface area contributed by atoms with E-state index >= 15 is 0 Å². The van der Waals surface area contributed by atoms with Crippen LogP contribution in [-0.2, 0) is 4.79 Å². The second-order valence-corrected chi connectivity index (χ2v) is 6.08. The second kappa shape index (κ2) is 7.19. The molecule has 2 aromatic carbocycles. The van der Waals surface area contributed by atoms with E-state index in [9.17, 15) is 25.0 Å². The molecule has 0 radical (unpaired) electrons. The van der Waals surface area contributed by atoms with Gasteiger partial charge in [0.15, 0.2) is 5.16 Å². The van der Waals surface area contributed by atoms with Crippen LogP contribution in [0.3, 0.4) is 0 Å². The number of aromatic amines is 1. The van der Waals surface area contributed by atoms with Crippen LogP contribution in [0.5, 0.6) is 0 Å². The van der Waals surface area contributed by atoms with Crippen molar-refractivity contribution in [1.29, 1.82) is 0 Å². The second-order valence-electron chi connectivity index (χ2n) is 5.11. The summed E-state index contributed by atoms with van der Waals surface area (Å²) in [6.07, 6.45) is 0. The van der Waals surface area contributed by atoms with Gasteiger partial charge in [0.25, 0.3) is 11.4 Å². The van der Waals surface area contributed by atoms with E-state index in [2.05, 4.69) is 15.3 Å². The Morgan fingerprint density at radius 3 is 2.65 bits per heavy atom. The number of imidazole rings is 1. The number of non-ortho nitro benzene ring substituents is 1. The maximum Gasteiger partial charge on any atom is 0.292 e. The van der Waals surface area contributed by atoms with E-state index in [1.807, 2.05) is 0 Å². The number of nitro benzene ring substituents is 2. The van der Waals surface area contributed by atoms with Crippen molar-refractivity contribution >= 4 is 45.8 Å². The lowest BCUT2D eigenvalue weighted by Gasteiger charge is -2.04. The Balaban J connectivity index is 1.67. The molecule has 0 saturated carbocycles. The van der Waals surface area contributed by atoms with Crippen molar-refractivity contribution in [3.05, 3.63) is 62.7 Å². The fraction of sp³-hybridized carbons (Fsp3) is 0.0667. The first-order valence-electron chi connectivity index (χ1n) is 7.24. The van der Waals surface area contributed by atoms with Gasteiger partial charge in [0.1, 0.15) is 5.69 Å². The molecule has 0 bridgehead atoms. The number of thioether (sulfide) groups is 1. The average molecular weight is 373 g/mol. The van der Waals surface area contributed by atoms with Crippen LogP contribution in [0.1, 0.15) is 0 Å². The Morgan fingerprint density at radius 2 is 1.92 bits per heavy atom. The van der Waals surface area contributed by atoms with Crippen molar-refractivity contribution in [1.82, 2.24) is 9.97 Å². The molecule has 1 amide bonds. The number of rotatable bonds is 6. The third-order valence-electron chi connectivity index (χ3n) is 3.37. The van der Waals surface area contributed by atoms with Crippen LogP contribution in [0, 0.1) is 20.2 Å². The molecule has 3 rings (SSSR count). The molecule has 0 aliphatic heterocycles. The number of carbonyl (C=O) groups excluding carboxylic acids is 1. The van der Waals surface area contributed by atoms with Crippen molar-refractivity contribution in [3.63, 3.8) is 0 Å². The van der Waals surface area contributed by atoms with Gasteiger partial charge < -0.3 is 10.3 Å². The highest BCUT2D eigenvalue weighted by Gasteiger charge is 2.16. The number of fused-ring (bicyclic) bond motifs is 1. The number of nitrogens with one attached hydrogen (secondary N) is 2. The highest BCUT2D eigenvalue weighted by atomic mass is 32.2. The summed E-state index contributed by atoms with van der Waals surface area (Å²) < 4.78 is 0. The van der Waals surface area contributed by atoms with E-state index in [-0.39, 0.29) is 22.8 Å². The summed E-state index contributed by atoms with van der Waals surface area (Å²) in [5, 5.41) is 24.6. The van der Waals surface area contributed by atoms with Gasteiger partial charge in [-0.05, 0) is 12.1 Å². The number of aromatic nitrogens is 2. The predicted octanol–water partition coefficient (Wildman–Crippen LogP) is 3.11. The molecule has 11 heteroatoms. The number of anilines is 1. The molecule has 1 aromatic heterocycles. The van der Waals surface area contributed by atoms with E-state index in [0.717, 1.165) is 11.8 Å². The lowest BCUT2D eigenvalue weighted by molar-refractivity contribution is -0.384. The summed E-state index contributed by atoms with van der Waals surface area (Å²) in [4.78, 5) is 39.8. The van der Waals surface area contributed by atoms with E-state index in [0.29, 0.717) is 16.2 Å². The third-order valence-corrected chi connectivity index (χ3v) is 4.24. The van der Waals surface area contributed by atoms with Crippen LogP contribution >= 0.6 is 11.8 Å². The van der Waals surface area contributed by atoms with Gasteiger partial charge in [-0.2, -0.15) is 0 Å². The predicted molar refractivity (Wildman–Crippen MR) is 95.2 cm³/mol. The monoisotopic (exact) mass is 373 g/mol. The molecule has 0 spiro atoms. The molecule has 3 aromatic rings. The number of nitrogens with zero attached hydrogens (tertiary/aromatic N) is 3. The zero-order valence-corrected chi connectivity index (χ0v) is 13.9. The Labute approximate surface area is 149 Å². The Bertz CT molecular complexity index is 1020. The number of hydrogen-bond acceptors (Lipinski definition) is 7. The number of amides is 1. The molecule has 0 unspecified atom stereocenters. The largest absolute Gasteiger partial charge is 0.333 e. The standard InChI is InChI=1S/C15H11N5O5S/c21-14(16-11-3-1-2-4-13(11)20(24)25)8-26-15-17-10-6-5-9(19(22)23)7-12(10)18-15/h1-7H,8H2,(H,16,21)(H,17,18). The summed E-state index contributed by atoms with van der Waals surface area (Å²) in [6, 6.07) is 10.1. The summed E-state index contributed by atoms with van der Waals surface area (Å²) in [6.45, 7) is 0. The van der Waals surface area contributed by atoms with Crippen molar-refractivity contribution < 1.29 is 14.6 Å². The van der Waals surface area contributed by atoms with Crippen LogP contribution in [0.2, 0.25) is 0 Å². The Morgan fingerprint density at radius 1 is 1.15 bits per heavy atom. The fourth-order valence-corrected chi connectivity index (χ4v) is 2.90. The molecule has 10 nitrogen and oxygen atoms in total.